The van der Waals surface area contributed by atoms with Crippen LogP contribution in [0.15, 0.2) is 18.2 Å². The molecule has 1 aromatic heterocycles. The normalized spacial score (nSPS) is 14.1. The number of nitrogens with zero attached hydrogens (tertiary/aromatic N) is 2. The molecule has 1 amide bonds. The highest BCUT2D eigenvalue weighted by molar-refractivity contribution is 6.01. The monoisotopic (exact) mass is 242 g/mol. The molecule has 3 N–H and O–H groups in total. The summed E-state index contributed by atoms with van der Waals surface area (Å²) in [6.07, 6.45) is 0.461. The van der Waals surface area contributed by atoms with Gasteiger partial charge in [0.05, 0.1) is 12.1 Å². The lowest BCUT2D eigenvalue weighted by molar-refractivity contribution is -0.117. The summed E-state index contributed by atoms with van der Waals surface area (Å²) >= 11 is 0. The van der Waals surface area contributed by atoms with Crippen molar-refractivity contribution >= 4 is 17.4 Å². The van der Waals surface area contributed by atoms with E-state index in [1.807, 2.05) is 25.1 Å². The van der Waals surface area contributed by atoms with Gasteiger partial charge in [-0.2, -0.15) is 5.10 Å². The van der Waals surface area contributed by atoms with Crippen molar-refractivity contribution in [1.82, 2.24) is 10.2 Å². The molecular weight excluding hydrogens is 228 g/mol. The van der Waals surface area contributed by atoms with E-state index in [0.717, 1.165) is 28.1 Å². The van der Waals surface area contributed by atoms with Crippen molar-refractivity contribution in [3.8, 4) is 11.3 Å². The highest BCUT2D eigenvalue weighted by atomic mass is 16.2. The second-order valence-corrected chi connectivity index (χ2v) is 4.58. The van der Waals surface area contributed by atoms with Gasteiger partial charge in [0.2, 0.25) is 5.91 Å². The van der Waals surface area contributed by atoms with E-state index in [-0.39, 0.29) is 5.91 Å². The molecule has 18 heavy (non-hydrogen) atoms. The maximum absolute atomic E-state index is 11.6. The summed E-state index contributed by atoms with van der Waals surface area (Å²) in [5.41, 5.74) is 10.6. The third-order valence-corrected chi connectivity index (χ3v) is 3.49. The number of hydrogen-bond donors (Lipinski definition) is 2. The number of nitrogens with two attached hydrogens (primary N) is 1. The van der Waals surface area contributed by atoms with E-state index >= 15 is 0 Å². The largest absolute Gasteiger partial charge is 0.382 e. The number of carbonyl (C=O) groups is 1. The molecule has 0 spiro atoms. The zero-order chi connectivity index (χ0) is 12.9. The number of H-pyrrole nitrogens is 1. The van der Waals surface area contributed by atoms with E-state index in [1.54, 1.807) is 11.9 Å². The van der Waals surface area contributed by atoms with Crippen molar-refractivity contribution in [2.24, 2.45) is 0 Å². The van der Waals surface area contributed by atoms with Crippen LogP contribution in [-0.4, -0.2) is 23.2 Å². The maximum Gasteiger partial charge on any atom is 0.231 e. The van der Waals surface area contributed by atoms with E-state index in [2.05, 4.69) is 10.2 Å². The molecule has 1 aliphatic rings. The van der Waals surface area contributed by atoms with Gasteiger partial charge in [-0.15, -0.1) is 0 Å². The molecule has 0 saturated heterocycles. The minimum absolute atomic E-state index is 0.128. The van der Waals surface area contributed by atoms with Gasteiger partial charge in [-0.3, -0.25) is 9.89 Å². The average Bonchev–Trinajstić information content (AvgIpc) is 2.82. The molecule has 0 atom stereocenters. The highest BCUT2D eigenvalue weighted by Gasteiger charge is 2.24. The number of aromatic amines is 1. The molecule has 0 aliphatic carbocycles. The van der Waals surface area contributed by atoms with Crippen LogP contribution in [0.5, 0.6) is 0 Å². The number of aromatic nitrogens is 2. The number of anilines is 2. The average molecular weight is 242 g/mol. The lowest BCUT2D eigenvalue weighted by Crippen LogP contribution is -2.20. The maximum atomic E-state index is 11.6. The van der Waals surface area contributed by atoms with Crippen molar-refractivity contribution in [1.29, 1.82) is 0 Å². The number of amides is 1. The van der Waals surface area contributed by atoms with Crippen LogP contribution in [0.4, 0.5) is 11.5 Å². The van der Waals surface area contributed by atoms with E-state index < -0.39 is 0 Å². The number of carbonyl (C=O) groups excluding carboxylic acids is 1. The highest BCUT2D eigenvalue weighted by Crippen LogP contribution is 2.33. The molecule has 1 aromatic carbocycles. The van der Waals surface area contributed by atoms with Crippen LogP contribution >= 0.6 is 0 Å². The van der Waals surface area contributed by atoms with Gasteiger partial charge >= 0.3 is 0 Å². The third-order valence-electron chi connectivity index (χ3n) is 3.49. The Morgan fingerprint density at radius 3 is 2.89 bits per heavy atom. The van der Waals surface area contributed by atoms with Crippen LogP contribution in [0.25, 0.3) is 11.3 Å². The predicted octanol–water partition coefficient (Wildman–Crippen LogP) is 1.49. The molecule has 92 valence electrons. The Labute approximate surface area is 105 Å². The lowest BCUT2D eigenvalue weighted by atomic mass is 10.0. The number of rotatable bonds is 1. The summed E-state index contributed by atoms with van der Waals surface area (Å²) in [5.74, 6) is 0.640. The topological polar surface area (TPSA) is 75.0 Å². The number of benzene rings is 1. The number of nitrogen functional groups attached to an aromatic ring is 1. The Hall–Kier alpha value is -2.30. The second kappa shape index (κ2) is 3.60. The van der Waals surface area contributed by atoms with Gasteiger partial charge < -0.3 is 10.6 Å². The molecule has 0 bridgehead atoms. The fourth-order valence-electron chi connectivity index (χ4n) is 2.32. The predicted molar refractivity (Wildman–Crippen MR) is 70.3 cm³/mol. The lowest BCUT2D eigenvalue weighted by Gasteiger charge is -2.10. The zero-order valence-corrected chi connectivity index (χ0v) is 10.3. The van der Waals surface area contributed by atoms with Crippen LogP contribution in [0.1, 0.15) is 11.1 Å². The second-order valence-electron chi connectivity index (χ2n) is 4.58. The Morgan fingerprint density at radius 1 is 1.44 bits per heavy atom. The van der Waals surface area contributed by atoms with Crippen molar-refractivity contribution in [2.45, 2.75) is 13.3 Å². The van der Waals surface area contributed by atoms with Gasteiger partial charge in [0.15, 0.2) is 0 Å². The molecule has 1 aliphatic heterocycles. The van der Waals surface area contributed by atoms with Crippen molar-refractivity contribution in [2.75, 3.05) is 17.7 Å². The van der Waals surface area contributed by atoms with Gasteiger partial charge in [-0.1, -0.05) is 6.07 Å². The summed E-state index contributed by atoms with van der Waals surface area (Å²) in [6.45, 7) is 1.93. The molecule has 0 saturated carbocycles. The minimum atomic E-state index is 0.128. The van der Waals surface area contributed by atoms with Crippen molar-refractivity contribution in [3.05, 3.63) is 29.3 Å². The third kappa shape index (κ3) is 1.40. The number of fused-ring (bicyclic) bond motifs is 1. The Bertz CT molecular complexity index is 644. The van der Waals surface area contributed by atoms with E-state index in [9.17, 15) is 4.79 Å². The molecule has 5 nitrogen and oxygen atoms in total. The Kier molecular flexibility index (Phi) is 2.16. The molecule has 2 heterocycles. The van der Waals surface area contributed by atoms with Gasteiger partial charge in [0.25, 0.3) is 0 Å². The van der Waals surface area contributed by atoms with Gasteiger partial charge in [-0.25, -0.2) is 0 Å². The van der Waals surface area contributed by atoms with Crippen molar-refractivity contribution in [3.63, 3.8) is 0 Å². The van der Waals surface area contributed by atoms with Crippen LogP contribution in [-0.2, 0) is 11.2 Å². The molecule has 0 fully saturated rings. The number of likely N-dealkylation sites (N-methyl/N-ethyl adjacent to an activating group) is 1. The fourth-order valence-corrected chi connectivity index (χ4v) is 2.32. The van der Waals surface area contributed by atoms with Gasteiger partial charge in [-0.05, 0) is 24.6 Å². The molecule has 2 aromatic rings. The SMILES string of the molecule is Cc1c(N)n[nH]c1-c1ccc2c(c1)CC(=O)N2C. The van der Waals surface area contributed by atoms with Crippen LogP contribution in [0.2, 0.25) is 0 Å². The first-order valence-electron chi connectivity index (χ1n) is 5.78. The van der Waals surface area contributed by atoms with E-state index in [4.69, 9.17) is 5.73 Å². The van der Waals surface area contributed by atoms with Crippen LogP contribution in [0, 0.1) is 6.92 Å². The molecule has 0 unspecified atom stereocenters. The fraction of sp³-hybridized carbons (Fsp3) is 0.231. The first kappa shape index (κ1) is 10.8. The first-order valence-corrected chi connectivity index (χ1v) is 5.78. The molecule has 0 radical (unpaired) electrons. The van der Waals surface area contributed by atoms with Crippen LogP contribution < -0.4 is 10.6 Å². The van der Waals surface area contributed by atoms with Gasteiger partial charge in [0, 0.05) is 23.9 Å². The summed E-state index contributed by atoms with van der Waals surface area (Å²) in [5, 5.41) is 6.92. The minimum Gasteiger partial charge on any atom is -0.382 e. The molecular formula is C13H14N4O. The smallest absolute Gasteiger partial charge is 0.231 e. The Balaban J connectivity index is 2.10. The summed E-state index contributed by atoms with van der Waals surface area (Å²) in [4.78, 5) is 13.3. The van der Waals surface area contributed by atoms with Gasteiger partial charge in [0.1, 0.15) is 5.82 Å². The standard InChI is InChI=1S/C13H14N4O/c1-7-12(15-16-13(7)14)8-3-4-10-9(5-8)6-11(18)17(10)2/h3-5H,6H2,1-2H3,(H3,14,15,16). The molecule has 5 heteroatoms. The summed E-state index contributed by atoms with van der Waals surface area (Å²) in [6, 6.07) is 5.97. The summed E-state index contributed by atoms with van der Waals surface area (Å²) < 4.78 is 0. The van der Waals surface area contributed by atoms with Crippen molar-refractivity contribution < 1.29 is 4.79 Å². The zero-order valence-electron chi connectivity index (χ0n) is 10.3. The quantitative estimate of drug-likeness (QED) is 0.795. The first-order chi connectivity index (χ1) is 8.58. The van der Waals surface area contributed by atoms with Crippen LogP contribution in [0.3, 0.4) is 0 Å². The van der Waals surface area contributed by atoms with E-state index in [1.165, 1.54) is 0 Å². The number of hydrogen-bond acceptors (Lipinski definition) is 3. The van der Waals surface area contributed by atoms with E-state index in [0.29, 0.717) is 12.2 Å². The number of nitrogens with one attached hydrogen (secondary N) is 1. The summed E-state index contributed by atoms with van der Waals surface area (Å²) in [7, 11) is 1.80. The Morgan fingerprint density at radius 2 is 2.22 bits per heavy atom. The molecule has 3 rings (SSSR count).